The maximum atomic E-state index is 10.5. The summed E-state index contributed by atoms with van der Waals surface area (Å²) < 4.78 is 0. The van der Waals surface area contributed by atoms with E-state index >= 15 is 0 Å². The molecular formula is C44H78O4. The molecule has 0 heterocycles. The van der Waals surface area contributed by atoms with Crippen molar-refractivity contribution in [3.8, 4) is 0 Å². The van der Waals surface area contributed by atoms with Gasteiger partial charge in [0.2, 0.25) is 0 Å². The van der Waals surface area contributed by atoms with Gasteiger partial charge in [0.25, 0.3) is 0 Å². The molecule has 278 valence electrons. The number of hydrogen-bond donors (Lipinski definition) is 2. The first kappa shape index (κ1) is 44.2. The van der Waals surface area contributed by atoms with Gasteiger partial charge in [-0.2, -0.15) is 0 Å². The van der Waals surface area contributed by atoms with Crippen LogP contribution in [0.2, 0.25) is 0 Å². The third-order valence-electron chi connectivity index (χ3n) is 10.4. The van der Waals surface area contributed by atoms with E-state index in [4.69, 9.17) is 10.2 Å². The Morgan fingerprint density at radius 3 is 0.875 bits per heavy atom. The van der Waals surface area contributed by atoms with E-state index in [-0.39, 0.29) is 0 Å². The zero-order valence-electron chi connectivity index (χ0n) is 31.6. The first-order valence-electron chi connectivity index (χ1n) is 21.0. The van der Waals surface area contributed by atoms with E-state index in [1.165, 1.54) is 185 Å². The largest absolute Gasteiger partial charge is 0.481 e. The lowest BCUT2D eigenvalue weighted by Gasteiger charge is -2.18. The summed E-state index contributed by atoms with van der Waals surface area (Å²) in [6.07, 6.45) is 42.6. The fraction of sp³-hybridized carbons (Fsp3) is 0.818. The minimum atomic E-state index is -0.657. The van der Waals surface area contributed by atoms with Crippen molar-refractivity contribution in [2.75, 3.05) is 0 Å². The lowest BCUT2D eigenvalue weighted by atomic mass is 9.87. The molecule has 4 heteroatoms. The topological polar surface area (TPSA) is 74.6 Å². The van der Waals surface area contributed by atoms with E-state index in [0.29, 0.717) is 12.8 Å². The van der Waals surface area contributed by atoms with Gasteiger partial charge in [-0.25, -0.2) is 0 Å². The van der Waals surface area contributed by atoms with Crippen molar-refractivity contribution in [2.45, 2.75) is 231 Å². The van der Waals surface area contributed by atoms with Crippen molar-refractivity contribution in [2.24, 2.45) is 0 Å². The van der Waals surface area contributed by atoms with Crippen molar-refractivity contribution >= 4 is 11.9 Å². The number of carbonyl (C=O) groups is 2. The number of benzene rings is 1. The molecule has 0 bridgehead atoms. The Morgan fingerprint density at radius 2 is 0.625 bits per heavy atom. The molecule has 0 atom stereocenters. The Bertz CT molecular complexity index is 800. The Hall–Kier alpha value is -1.84. The lowest BCUT2D eigenvalue weighted by Crippen LogP contribution is -2.00. The molecule has 0 aliphatic carbocycles. The second-order valence-corrected chi connectivity index (χ2v) is 15.1. The molecule has 2 N–H and O–H groups in total. The monoisotopic (exact) mass is 671 g/mol. The summed E-state index contributed by atoms with van der Waals surface area (Å²) in [7, 11) is 0. The van der Waals surface area contributed by atoms with Crippen molar-refractivity contribution in [3.05, 3.63) is 35.4 Å². The van der Waals surface area contributed by atoms with E-state index in [1.54, 1.807) is 5.56 Å². The Morgan fingerprint density at radius 1 is 0.396 bits per heavy atom. The minimum absolute atomic E-state index is 0.334. The van der Waals surface area contributed by atoms with Gasteiger partial charge in [-0.1, -0.05) is 210 Å². The van der Waals surface area contributed by atoms with Crippen LogP contribution in [0.5, 0.6) is 0 Å². The van der Waals surface area contributed by atoms with Crippen molar-refractivity contribution in [1.29, 1.82) is 0 Å². The number of rotatable bonds is 37. The number of hydrogen-bond acceptors (Lipinski definition) is 2. The summed E-state index contributed by atoms with van der Waals surface area (Å²) in [5.74, 6) is -0.577. The molecular weight excluding hydrogens is 592 g/mol. The zero-order valence-corrected chi connectivity index (χ0v) is 31.6. The van der Waals surface area contributed by atoms with E-state index in [9.17, 15) is 9.59 Å². The van der Waals surface area contributed by atoms with Gasteiger partial charge in [-0.3, -0.25) is 9.59 Å². The molecule has 0 saturated heterocycles. The van der Waals surface area contributed by atoms with Gasteiger partial charge in [0, 0.05) is 12.8 Å². The Balaban J connectivity index is 1.98. The fourth-order valence-corrected chi connectivity index (χ4v) is 7.25. The molecule has 0 spiro atoms. The van der Waals surface area contributed by atoms with Crippen molar-refractivity contribution < 1.29 is 19.8 Å². The maximum absolute atomic E-state index is 10.5. The zero-order chi connectivity index (χ0) is 34.8. The molecule has 0 unspecified atom stereocenters. The van der Waals surface area contributed by atoms with Gasteiger partial charge >= 0.3 is 11.9 Å². The molecule has 0 aromatic heterocycles. The smallest absolute Gasteiger partial charge is 0.303 e. The number of unbranched alkanes of at least 4 members (excludes halogenated alkanes) is 28. The first-order valence-corrected chi connectivity index (χ1v) is 21.0. The maximum Gasteiger partial charge on any atom is 0.303 e. The lowest BCUT2D eigenvalue weighted by molar-refractivity contribution is -0.138. The van der Waals surface area contributed by atoms with Crippen molar-refractivity contribution in [1.82, 2.24) is 0 Å². The highest BCUT2D eigenvalue weighted by atomic mass is 16.4. The average Bonchev–Trinajstić information content (AvgIpc) is 3.06. The summed E-state index contributed by atoms with van der Waals surface area (Å²) >= 11 is 0. The van der Waals surface area contributed by atoms with Crippen LogP contribution < -0.4 is 0 Å². The van der Waals surface area contributed by atoms with Gasteiger partial charge in [0.15, 0.2) is 0 Å². The third-order valence-corrected chi connectivity index (χ3v) is 10.4. The van der Waals surface area contributed by atoms with Gasteiger partial charge in [0.1, 0.15) is 0 Å². The van der Waals surface area contributed by atoms with Crippen LogP contribution in [0.1, 0.15) is 235 Å². The SMILES string of the molecule is Cc1ccc(C(CCCCCCCCCCCCCCCCCC(=O)O)CCCCCCCCCCCCCCCCCC(=O)O)cc1. The summed E-state index contributed by atoms with van der Waals surface area (Å²) in [4.78, 5) is 21.1. The molecule has 0 fully saturated rings. The molecule has 0 amide bonds. The number of aliphatic carboxylic acids is 2. The van der Waals surface area contributed by atoms with Crippen LogP contribution in [0.15, 0.2) is 24.3 Å². The van der Waals surface area contributed by atoms with Crippen LogP contribution in [-0.2, 0) is 9.59 Å². The van der Waals surface area contributed by atoms with Crippen LogP contribution in [0, 0.1) is 6.92 Å². The van der Waals surface area contributed by atoms with Gasteiger partial charge in [-0.05, 0) is 44.1 Å². The van der Waals surface area contributed by atoms with E-state index in [2.05, 4.69) is 31.2 Å². The Labute approximate surface area is 297 Å². The van der Waals surface area contributed by atoms with Crippen LogP contribution >= 0.6 is 0 Å². The van der Waals surface area contributed by atoms with Crippen LogP contribution in [0.3, 0.4) is 0 Å². The van der Waals surface area contributed by atoms with Crippen molar-refractivity contribution in [3.63, 3.8) is 0 Å². The standard InChI is InChI=1S/C44H78O4/c1-40-36-38-42(39-37-40)41(32-28-24-20-16-12-8-4-2-6-10-14-18-22-26-30-34-43(45)46)33-29-25-21-17-13-9-5-3-7-11-15-19-23-27-31-35-44(47)48/h36-39,41H,2-35H2,1H3,(H,45,46)(H,47,48). The second-order valence-electron chi connectivity index (χ2n) is 15.1. The highest BCUT2D eigenvalue weighted by molar-refractivity contribution is 5.66. The molecule has 0 saturated carbocycles. The van der Waals surface area contributed by atoms with Crippen LogP contribution in [0.25, 0.3) is 0 Å². The summed E-state index contributed by atoms with van der Waals surface area (Å²) in [6, 6.07) is 9.40. The normalized spacial score (nSPS) is 11.5. The fourth-order valence-electron chi connectivity index (χ4n) is 7.25. The summed E-state index contributed by atoms with van der Waals surface area (Å²) in [5, 5.41) is 17.4. The molecule has 48 heavy (non-hydrogen) atoms. The summed E-state index contributed by atoms with van der Waals surface area (Å²) in [6.45, 7) is 2.20. The highest BCUT2D eigenvalue weighted by Gasteiger charge is 2.11. The highest BCUT2D eigenvalue weighted by Crippen LogP contribution is 2.29. The molecule has 0 aliphatic rings. The molecule has 1 rings (SSSR count). The first-order chi connectivity index (χ1) is 23.5. The predicted octanol–water partition coefficient (Wildman–Crippen LogP) is 14.5. The van der Waals surface area contributed by atoms with Crippen LogP contribution in [0.4, 0.5) is 0 Å². The number of carboxylic acids is 2. The minimum Gasteiger partial charge on any atom is -0.481 e. The van der Waals surface area contributed by atoms with Gasteiger partial charge in [-0.15, -0.1) is 0 Å². The van der Waals surface area contributed by atoms with E-state index < -0.39 is 11.9 Å². The van der Waals surface area contributed by atoms with Gasteiger partial charge < -0.3 is 10.2 Å². The second kappa shape index (κ2) is 33.6. The van der Waals surface area contributed by atoms with Crippen LogP contribution in [-0.4, -0.2) is 22.2 Å². The van der Waals surface area contributed by atoms with E-state index in [0.717, 1.165) is 31.6 Å². The predicted molar refractivity (Wildman–Crippen MR) is 206 cm³/mol. The van der Waals surface area contributed by atoms with Gasteiger partial charge in [0.05, 0.1) is 0 Å². The van der Waals surface area contributed by atoms with E-state index in [1.807, 2.05) is 0 Å². The number of aryl methyl sites for hydroxylation is 1. The summed E-state index contributed by atoms with van der Waals surface area (Å²) in [5.41, 5.74) is 2.93. The molecule has 0 aliphatic heterocycles. The molecule has 1 aromatic rings. The third kappa shape index (κ3) is 30.2. The molecule has 4 nitrogen and oxygen atoms in total. The number of carboxylic acid groups (broad SMARTS) is 2. The quantitative estimate of drug-likeness (QED) is 0.0691. The molecule has 1 aromatic carbocycles. The molecule has 0 radical (unpaired) electrons. The Kier molecular flexibility index (Phi) is 31.0. The average molecular weight is 671 g/mol.